The zero-order valence-corrected chi connectivity index (χ0v) is 11.7. The molecule has 0 spiro atoms. The van der Waals surface area contributed by atoms with Crippen molar-refractivity contribution in [3.63, 3.8) is 0 Å². The molecule has 1 saturated heterocycles. The molecule has 0 bridgehead atoms. The number of methoxy groups -OCH3 is 1. The second kappa shape index (κ2) is 6.36. The van der Waals surface area contributed by atoms with Crippen molar-refractivity contribution in [2.24, 2.45) is 5.92 Å². The Morgan fingerprint density at radius 3 is 2.90 bits per heavy atom. The van der Waals surface area contributed by atoms with Crippen LogP contribution in [0.25, 0.3) is 0 Å². The molecule has 1 unspecified atom stereocenters. The average molecular weight is 278 g/mol. The van der Waals surface area contributed by atoms with Crippen LogP contribution in [0.2, 0.25) is 0 Å². The SMILES string of the molecule is CCOc1ccc(CN2CC(C(=O)OC)CC2=O)cn1. The maximum Gasteiger partial charge on any atom is 0.310 e. The predicted octanol–water partition coefficient (Wildman–Crippen LogP) is 1.00. The first-order valence-electron chi connectivity index (χ1n) is 6.57. The molecule has 6 heteroatoms. The molecule has 20 heavy (non-hydrogen) atoms. The molecule has 0 radical (unpaired) electrons. The van der Waals surface area contributed by atoms with Crippen molar-refractivity contribution in [3.8, 4) is 5.88 Å². The van der Waals surface area contributed by atoms with Crippen LogP contribution in [0.3, 0.4) is 0 Å². The van der Waals surface area contributed by atoms with Gasteiger partial charge in [-0.15, -0.1) is 0 Å². The van der Waals surface area contributed by atoms with Crippen molar-refractivity contribution < 1.29 is 19.1 Å². The molecule has 6 nitrogen and oxygen atoms in total. The van der Waals surface area contributed by atoms with Crippen LogP contribution in [0.1, 0.15) is 18.9 Å². The smallest absolute Gasteiger partial charge is 0.310 e. The monoisotopic (exact) mass is 278 g/mol. The van der Waals surface area contributed by atoms with Gasteiger partial charge in [0.05, 0.1) is 19.6 Å². The molecular weight excluding hydrogens is 260 g/mol. The maximum absolute atomic E-state index is 11.9. The van der Waals surface area contributed by atoms with Crippen molar-refractivity contribution >= 4 is 11.9 Å². The fraction of sp³-hybridized carbons (Fsp3) is 0.500. The standard InChI is InChI=1S/C14H18N2O4/c1-3-20-12-5-4-10(7-15-12)8-16-9-11(6-13(16)17)14(18)19-2/h4-5,7,11H,3,6,8-9H2,1-2H3. The third-order valence-electron chi connectivity index (χ3n) is 3.21. The van der Waals surface area contributed by atoms with Gasteiger partial charge in [-0.05, 0) is 12.5 Å². The topological polar surface area (TPSA) is 68.7 Å². The second-order valence-electron chi connectivity index (χ2n) is 4.64. The Hall–Kier alpha value is -2.11. The van der Waals surface area contributed by atoms with E-state index in [1.165, 1.54) is 7.11 Å². The van der Waals surface area contributed by atoms with E-state index >= 15 is 0 Å². The Kier molecular flexibility index (Phi) is 4.55. The molecule has 1 amide bonds. The lowest BCUT2D eigenvalue weighted by Gasteiger charge is -2.16. The number of carbonyl (C=O) groups excluding carboxylic acids is 2. The number of carbonyl (C=O) groups is 2. The Balaban J connectivity index is 1.96. The summed E-state index contributed by atoms with van der Waals surface area (Å²) in [5, 5.41) is 0. The molecule has 2 rings (SSSR count). The van der Waals surface area contributed by atoms with E-state index in [0.717, 1.165) is 5.56 Å². The molecule has 2 heterocycles. The summed E-state index contributed by atoms with van der Waals surface area (Å²) >= 11 is 0. The van der Waals surface area contributed by atoms with Crippen molar-refractivity contribution in [2.45, 2.75) is 19.9 Å². The van der Waals surface area contributed by atoms with Crippen LogP contribution in [-0.2, 0) is 20.9 Å². The molecule has 1 aliphatic rings. The first kappa shape index (κ1) is 14.3. The van der Waals surface area contributed by atoms with Gasteiger partial charge in [0.1, 0.15) is 0 Å². The van der Waals surface area contributed by atoms with Gasteiger partial charge in [0.15, 0.2) is 0 Å². The van der Waals surface area contributed by atoms with Crippen LogP contribution in [0.4, 0.5) is 0 Å². The number of hydrogen-bond donors (Lipinski definition) is 0. The summed E-state index contributed by atoms with van der Waals surface area (Å²) in [6.07, 6.45) is 1.90. The summed E-state index contributed by atoms with van der Waals surface area (Å²) in [7, 11) is 1.34. The highest BCUT2D eigenvalue weighted by molar-refractivity contribution is 5.86. The minimum absolute atomic E-state index is 0.0331. The van der Waals surface area contributed by atoms with E-state index in [-0.39, 0.29) is 24.2 Å². The van der Waals surface area contributed by atoms with Gasteiger partial charge < -0.3 is 14.4 Å². The van der Waals surface area contributed by atoms with E-state index < -0.39 is 0 Å². The zero-order valence-electron chi connectivity index (χ0n) is 11.7. The van der Waals surface area contributed by atoms with Crippen LogP contribution in [-0.4, -0.2) is 42.0 Å². The van der Waals surface area contributed by atoms with Crippen molar-refractivity contribution in [3.05, 3.63) is 23.9 Å². The number of hydrogen-bond acceptors (Lipinski definition) is 5. The molecule has 0 aliphatic carbocycles. The minimum Gasteiger partial charge on any atom is -0.478 e. The second-order valence-corrected chi connectivity index (χ2v) is 4.64. The van der Waals surface area contributed by atoms with E-state index in [4.69, 9.17) is 4.74 Å². The van der Waals surface area contributed by atoms with Crippen LogP contribution >= 0.6 is 0 Å². The highest BCUT2D eigenvalue weighted by Gasteiger charge is 2.34. The van der Waals surface area contributed by atoms with Crippen molar-refractivity contribution in [1.82, 2.24) is 9.88 Å². The fourth-order valence-electron chi connectivity index (χ4n) is 2.21. The molecule has 1 aromatic rings. The Morgan fingerprint density at radius 2 is 2.30 bits per heavy atom. The summed E-state index contributed by atoms with van der Waals surface area (Å²) in [4.78, 5) is 29.1. The first-order chi connectivity index (χ1) is 9.63. The summed E-state index contributed by atoms with van der Waals surface area (Å²) in [6, 6.07) is 3.65. The quantitative estimate of drug-likeness (QED) is 0.752. The summed E-state index contributed by atoms with van der Waals surface area (Å²) in [5.41, 5.74) is 0.910. The molecule has 0 N–H and O–H groups in total. The number of likely N-dealkylation sites (tertiary alicyclic amines) is 1. The van der Waals surface area contributed by atoms with Gasteiger partial charge in [-0.2, -0.15) is 0 Å². The van der Waals surface area contributed by atoms with Gasteiger partial charge in [-0.1, -0.05) is 6.07 Å². The van der Waals surface area contributed by atoms with E-state index in [0.29, 0.717) is 25.6 Å². The highest BCUT2D eigenvalue weighted by atomic mass is 16.5. The van der Waals surface area contributed by atoms with Gasteiger partial charge in [0, 0.05) is 31.8 Å². The minimum atomic E-state index is -0.358. The first-order valence-corrected chi connectivity index (χ1v) is 6.57. The largest absolute Gasteiger partial charge is 0.478 e. The Bertz CT molecular complexity index is 486. The molecule has 1 aliphatic heterocycles. The van der Waals surface area contributed by atoms with Crippen molar-refractivity contribution in [1.29, 1.82) is 0 Å². The van der Waals surface area contributed by atoms with E-state index in [1.807, 2.05) is 13.0 Å². The van der Waals surface area contributed by atoms with E-state index in [2.05, 4.69) is 9.72 Å². The highest BCUT2D eigenvalue weighted by Crippen LogP contribution is 2.21. The van der Waals surface area contributed by atoms with E-state index in [1.54, 1.807) is 17.2 Å². The van der Waals surface area contributed by atoms with Crippen LogP contribution in [0, 0.1) is 5.92 Å². The average Bonchev–Trinajstić information content (AvgIpc) is 2.82. The number of amides is 1. The van der Waals surface area contributed by atoms with Crippen molar-refractivity contribution in [2.75, 3.05) is 20.3 Å². The third-order valence-corrected chi connectivity index (χ3v) is 3.21. The Morgan fingerprint density at radius 1 is 1.50 bits per heavy atom. The number of aromatic nitrogens is 1. The maximum atomic E-state index is 11.9. The molecule has 1 fully saturated rings. The lowest BCUT2D eigenvalue weighted by Crippen LogP contribution is -2.26. The summed E-state index contributed by atoms with van der Waals surface area (Å²) in [5.74, 6) is -0.153. The number of esters is 1. The summed E-state index contributed by atoms with van der Waals surface area (Å²) in [6.45, 7) is 3.31. The molecule has 1 aromatic heterocycles. The van der Waals surface area contributed by atoms with Crippen LogP contribution in [0.5, 0.6) is 5.88 Å². The molecule has 0 saturated carbocycles. The zero-order chi connectivity index (χ0) is 14.5. The lowest BCUT2D eigenvalue weighted by molar-refractivity contribution is -0.145. The predicted molar refractivity (Wildman–Crippen MR) is 70.9 cm³/mol. The molecule has 108 valence electrons. The number of pyridine rings is 1. The molecular formula is C14H18N2O4. The molecule has 1 atom stereocenters. The number of rotatable bonds is 5. The third kappa shape index (κ3) is 3.26. The van der Waals surface area contributed by atoms with Crippen LogP contribution < -0.4 is 4.74 Å². The lowest BCUT2D eigenvalue weighted by atomic mass is 10.1. The summed E-state index contributed by atoms with van der Waals surface area (Å²) < 4.78 is 9.94. The number of nitrogens with zero attached hydrogens (tertiary/aromatic N) is 2. The fourth-order valence-corrected chi connectivity index (χ4v) is 2.21. The van der Waals surface area contributed by atoms with Gasteiger partial charge in [0.2, 0.25) is 11.8 Å². The van der Waals surface area contributed by atoms with Gasteiger partial charge in [-0.3, -0.25) is 9.59 Å². The van der Waals surface area contributed by atoms with Crippen LogP contribution in [0.15, 0.2) is 18.3 Å². The van der Waals surface area contributed by atoms with Gasteiger partial charge >= 0.3 is 5.97 Å². The van der Waals surface area contributed by atoms with E-state index in [9.17, 15) is 9.59 Å². The van der Waals surface area contributed by atoms with Gasteiger partial charge in [0.25, 0.3) is 0 Å². The van der Waals surface area contributed by atoms with Gasteiger partial charge in [-0.25, -0.2) is 4.98 Å². The normalized spacial score (nSPS) is 18.2. The Labute approximate surface area is 117 Å². The molecule has 0 aromatic carbocycles. The number of ether oxygens (including phenoxy) is 2.